The lowest BCUT2D eigenvalue weighted by Crippen LogP contribution is -2.46. The van der Waals surface area contributed by atoms with Crippen LogP contribution in [-0.2, 0) is 20.9 Å². The lowest BCUT2D eigenvalue weighted by atomic mass is 9.94. The van der Waals surface area contributed by atoms with Crippen LogP contribution >= 0.6 is 0 Å². The van der Waals surface area contributed by atoms with Crippen LogP contribution in [0.4, 0.5) is 10.2 Å². The number of aryl methyl sites for hydroxylation is 1. The molecule has 0 saturated heterocycles. The number of hydrogen-bond donors (Lipinski definition) is 2. The van der Waals surface area contributed by atoms with Crippen molar-refractivity contribution in [2.75, 3.05) is 5.32 Å². The van der Waals surface area contributed by atoms with Gasteiger partial charge in [-0.2, -0.15) is 0 Å². The van der Waals surface area contributed by atoms with Gasteiger partial charge in [0.2, 0.25) is 17.7 Å². The molecule has 8 heteroatoms. The quantitative estimate of drug-likeness (QED) is 0.317. The van der Waals surface area contributed by atoms with Crippen LogP contribution in [-0.4, -0.2) is 33.6 Å². The Morgan fingerprint density at radius 3 is 2.35 bits per heavy atom. The van der Waals surface area contributed by atoms with Gasteiger partial charge in [0.1, 0.15) is 17.7 Å². The second-order valence-corrected chi connectivity index (χ2v) is 10.4. The highest BCUT2D eigenvalue weighted by Crippen LogP contribution is 2.27. The molecule has 40 heavy (non-hydrogen) atoms. The summed E-state index contributed by atoms with van der Waals surface area (Å²) < 4.78 is 13.6. The molecule has 0 radical (unpaired) electrons. The predicted molar refractivity (Wildman–Crippen MR) is 153 cm³/mol. The molecule has 4 rings (SSSR count). The van der Waals surface area contributed by atoms with Crippen LogP contribution in [0.25, 0.3) is 0 Å². The van der Waals surface area contributed by atoms with Gasteiger partial charge in [0, 0.05) is 31.6 Å². The fourth-order valence-corrected chi connectivity index (χ4v) is 5.04. The van der Waals surface area contributed by atoms with E-state index < -0.39 is 6.04 Å². The highest BCUT2D eigenvalue weighted by molar-refractivity contribution is 5.91. The molecule has 1 aliphatic carbocycles. The summed E-state index contributed by atoms with van der Waals surface area (Å²) in [6.07, 6.45) is 7.26. The number of benzene rings is 2. The van der Waals surface area contributed by atoms with Crippen LogP contribution in [0.2, 0.25) is 0 Å². The van der Waals surface area contributed by atoms with Gasteiger partial charge in [-0.15, -0.1) is 0 Å². The Morgan fingerprint density at radius 1 is 0.950 bits per heavy atom. The molecule has 7 nitrogen and oxygen atoms in total. The van der Waals surface area contributed by atoms with Crippen molar-refractivity contribution in [3.8, 4) is 0 Å². The number of nitrogens with zero attached hydrogens (tertiary/aromatic N) is 2. The van der Waals surface area contributed by atoms with Gasteiger partial charge in [0.05, 0.1) is 0 Å². The molecule has 1 heterocycles. The highest BCUT2D eigenvalue weighted by Gasteiger charge is 2.33. The van der Waals surface area contributed by atoms with Gasteiger partial charge in [-0.25, -0.2) is 9.37 Å². The summed E-state index contributed by atoms with van der Waals surface area (Å²) in [4.78, 5) is 45.7. The average Bonchev–Trinajstić information content (AvgIpc) is 2.96. The van der Waals surface area contributed by atoms with E-state index in [1.54, 1.807) is 41.4 Å². The molecule has 2 N–H and O–H groups in total. The van der Waals surface area contributed by atoms with E-state index in [9.17, 15) is 18.8 Å². The topological polar surface area (TPSA) is 91.4 Å². The molecule has 3 amide bonds. The van der Waals surface area contributed by atoms with Crippen molar-refractivity contribution in [1.29, 1.82) is 0 Å². The first kappa shape index (κ1) is 28.9. The third-order valence-electron chi connectivity index (χ3n) is 7.22. The summed E-state index contributed by atoms with van der Waals surface area (Å²) in [5, 5.41) is 5.93. The van der Waals surface area contributed by atoms with Gasteiger partial charge in [0.25, 0.3) is 0 Å². The van der Waals surface area contributed by atoms with Crippen LogP contribution in [0, 0.1) is 12.7 Å². The smallest absolute Gasteiger partial charge is 0.247 e. The summed E-state index contributed by atoms with van der Waals surface area (Å²) in [5.41, 5.74) is 2.47. The maximum atomic E-state index is 13.8. The van der Waals surface area contributed by atoms with Crippen LogP contribution in [0.3, 0.4) is 0 Å². The predicted octanol–water partition coefficient (Wildman–Crippen LogP) is 5.86. The lowest BCUT2D eigenvalue weighted by Gasteiger charge is -2.33. The largest absolute Gasteiger partial charge is 0.351 e. The zero-order chi connectivity index (χ0) is 28.3. The van der Waals surface area contributed by atoms with Gasteiger partial charge in [-0.05, 0) is 61.6 Å². The first-order valence-corrected chi connectivity index (χ1v) is 14.0. The first-order chi connectivity index (χ1) is 19.4. The van der Waals surface area contributed by atoms with E-state index in [-0.39, 0.29) is 49.0 Å². The third-order valence-corrected chi connectivity index (χ3v) is 7.22. The molecule has 3 aromatic rings. The molecule has 2 aromatic carbocycles. The Hall–Kier alpha value is -4.07. The maximum absolute atomic E-state index is 13.8. The van der Waals surface area contributed by atoms with E-state index in [0.717, 1.165) is 37.7 Å². The number of anilines is 1. The zero-order valence-corrected chi connectivity index (χ0v) is 22.9. The summed E-state index contributed by atoms with van der Waals surface area (Å²) in [5.74, 6) is -0.624. The lowest BCUT2D eigenvalue weighted by molar-refractivity contribution is -0.142. The van der Waals surface area contributed by atoms with E-state index >= 15 is 0 Å². The Balaban J connectivity index is 1.54. The van der Waals surface area contributed by atoms with E-state index in [1.807, 2.05) is 31.2 Å². The number of nitrogens with one attached hydrogen (secondary N) is 2. The SMILES string of the molecule is Cc1ccc(C(C(=O)NC2CCCCC2)N(Cc2ccc(F)cc2)C(=O)CCCC(=O)Nc2ccccn2)cc1. The second-order valence-electron chi connectivity index (χ2n) is 10.4. The Labute approximate surface area is 235 Å². The highest BCUT2D eigenvalue weighted by atomic mass is 19.1. The van der Waals surface area contributed by atoms with Crippen molar-refractivity contribution < 1.29 is 18.8 Å². The minimum Gasteiger partial charge on any atom is -0.351 e. The van der Waals surface area contributed by atoms with Crippen molar-refractivity contribution in [2.24, 2.45) is 0 Å². The van der Waals surface area contributed by atoms with Gasteiger partial charge < -0.3 is 15.5 Å². The van der Waals surface area contributed by atoms with Gasteiger partial charge in [-0.1, -0.05) is 67.3 Å². The van der Waals surface area contributed by atoms with E-state index in [2.05, 4.69) is 15.6 Å². The number of pyridine rings is 1. The number of rotatable bonds is 11. The molecule has 0 aliphatic heterocycles. The number of halogens is 1. The standard InChI is InChI=1S/C32H37FN4O3/c1-23-13-17-25(18-14-23)31(32(40)35-27-8-3-2-4-9-27)37(22-24-15-19-26(33)20-16-24)30(39)12-7-11-29(38)36-28-10-5-6-21-34-28/h5-6,10,13-21,27,31H,2-4,7-9,11-12,22H2,1H3,(H,35,40)(H,34,36,38). The van der Waals surface area contributed by atoms with Crippen molar-refractivity contribution in [1.82, 2.24) is 15.2 Å². The number of carbonyl (C=O) groups is 3. The molecule has 1 fully saturated rings. The number of amides is 3. The molecule has 1 unspecified atom stereocenters. The van der Waals surface area contributed by atoms with E-state index in [4.69, 9.17) is 0 Å². The summed E-state index contributed by atoms with van der Waals surface area (Å²) >= 11 is 0. The second kappa shape index (κ2) is 14.4. The summed E-state index contributed by atoms with van der Waals surface area (Å²) in [6, 6.07) is 18.0. The molecule has 1 aliphatic rings. The summed E-state index contributed by atoms with van der Waals surface area (Å²) in [7, 11) is 0. The van der Waals surface area contributed by atoms with Gasteiger partial charge >= 0.3 is 0 Å². The van der Waals surface area contributed by atoms with Gasteiger partial charge in [-0.3, -0.25) is 14.4 Å². The summed E-state index contributed by atoms with van der Waals surface area (Å²) in [6.45, 7) is 2.11. The Bertz CT molecular complexity index is 1260. The molecule has 0 bridgehead atoms. The monoisotopic (exact) mass is 544 g/mol. The molecule has 1 saturated carbocycles. The number of aromatic nitrogens is 1. The molecule has 210 valence electrons. The number of carbonyl (C=O) groups excluding carboxylic acids is 3. The normalized spacial score (nSPS) is 14.2. The minimum absolute atomic E-state index is 0.0762. The third kappa shape index (κ3) is 8.46. The Kier molecular flexibility index (Phi) is 10.4. The van der Waals surface area contributed by atoms with Crippen molar-refractivity contribution in [2.45, 2.75) is 76.9 Å². The van der Waals surface area contributed by atoms with Crippen LogP contribution in [0.1, 0.15) is 74.1 Å². The Morgan fingerprint density at radius 2 is 1.68 bits per heavy atom. The minimum atomic E-state index is -0.859. The maximum Gasteiger partial charge on any atom is 0.247 e. The van der Waals surface area contributed by atoms with Gasteiger partial charge in [0.15, 0.2) is 0 Å². The van der Waals surface area contributed by atoms with Crippen LogP contribution < -0.4 is 10.6 Å². The fourth-order valence-electron chi connectivity index (χ4n) is 5.04. The molecule has 0 spiro atoms. The van der Waals surface area contributed by atoms with Crippen molar-refractivity contribution in [3.05, 3.63) is 95.4 Å². The van der Waals surface area contributed by atoms with Crippen LogP contribution in [0.5, 0.6) is 0 Å². The average molecular weight is 545 g/mol. The number of hydrogen-bond acceptors (Lipinski definition) is 4. The van der Waals surface area contributed by atoms with Crippen molar-refractivity contribution in [3.63, 3.8) is 0 Å². The van der Waals surface area contributed by atoms with Crippen LogP contribution in [0.15, 0.2) is 72.9 Å². The zero-order valence-electron chi connectivity index (χ0n) is 22.9. The van der Waals surface area contributed by atoms with E-state index in [1.165, 1.54) is 12.1 Å². The molecule has 1 atom stereocenters. The molecule has 1 aromatic heterocycles. The molecular formula is C32H37FN4O3. The molecular weight excluding hydrogens is 507 g/mol. The fraction of sp³-hybridized carbons (Fsp3) is 0.375. The first-order valence-electron chi connectivity index (χ1n) is 14.0. The van der Waals surface area contributed by atoms with E-state index in [0.29, 0.717) is 23.4 Å². The van der Waals surface area contributed by atoms with Crippen molar-refractivity contribution >= 4 is 23.5 Å².